The molecule has 1 aliphatic heterocycles. The van der Waals surface area contributed by atoms with Gasteiger partial charge in [-0.3, -0.25) is 9.59 Å². The minimum absolute atomic E-state index is 0.0146. The second-order valence-corrected chi connectivity index (χ2v) is 7.13. The molecule has 6 heteroatoms. The number of carbonyl (C=O) groups excluding carboxylic acids is 2. The smallest absolute Gasteiger partial charge is 0.225 e. The first kappa shape index (κ1) is 18.5. The van der Waals surface area contributed by atoms with Crippen molar-refractivity contribution in [3.63, 3.8) is 0 Å². The van der Waals surface area contributed by atoms with Crippen molar-refractivity contribution < 1.29 is 19.1 Å². The van der Waals surface area contributed by atoms with Gasteiger partial charge in [-0.05, 0) is 25.3 Å². The van der Waals surface area contributed by atoms with E-state index in [2.05, 4.69) is 5.32 Å². The maximum Gasteiger partial charge on any atom is 0.225 e. The van der Waals surface area contributed by atoms with Crippen molar-refractivity contribution in [3.8, 4) is 11.5 Å². The third-order valence-corrected chi connectivity index (χ3v) is 5.28. The van der Waals surface area contributed by atoms with Crippen molar-refractivity contribution in [2.75, 3.05) is 33.9 Å². The number of carbonyl (C=O) groups is 2. The number of benzene rings is 1. The number of nitrogens with one attached hydrogen (secondary N) is 1. The van der Waals surface area contributed by atoms with E-state index in [0.29, 0.717) is 31.1 Å². The number of rotatable bonds is 7. The van der Waals surface area contributed by atoms with Crippen LogP contribution in [0.15, 0.2) is 18.2 Å². The van der Waals surface area contributed by atoms with Crippen LogP contribution >= 0.6 is 0 Å². The van der Waals surface area contributed by atoms with Crippen LogP contribution in [0.1, 0.15) is 37.7 Å². The Morgan fingerprint density at radius 3 is 2.58 bits per heavy atom. The molecule has 1 aliphatic carbocycles. The van der Waals surface area contributed by atoms with Gasteiger partial charge in [-0.25, -0.2) is 0 Å². The highest BCUT2D eigenvalue weighted by molar-refractivity contribution is 5.85. The molecule has 2 amide bonds. The van der Waals surface area contributed by atoms with Crippen LogP contribution in [-0.4, -0.2) is 50.6 Å². The lowest BCUT2D eigenvalue weighted by Crippen LogP contribution is -2.36. The lowest BCUT2D eigenvalue weighted by atomic mass is 9.87. The largest absolute Gasteiger partial charge is 0.497 e. The summed E-state index contributed by atoms with van der Waals surface area (Å²) in [5.41, 5.74) is 0.955. The standard InChI is InChI=1S/C20H28N2O4/c1-4-9-21-19(23)17-12-22(20(24)13-5-6-13)11-16(17)15-8-7-14(25-2)10-18(15)26-3/h7-8,10,13,16-17H,4-6,9,11-12H2,1-3H3,(H,21,23). The van der Waals surface area contributed by atoms with Crippen LogP contribution in [0.2, 0.25) is 0 Å². The van der Waals surface area contributed by atoms with Gasteiger partial charge in [0.05, 0.1) is 20.1 Å². The maximum absolute atomic E-state index is 12.7. The first-order chi connectivity index (χ1) is 12.6. The van der Waals surface area contributed by atoms with E-state index in [-0.39, 0.29) is 29.6 Å². The van der Waals surface area contributed by atoms with Gasteiger partial charge in [0.15, 0.2) is 0 Å². The molecule has 1 aromatic carbocycles. The van der Waals surface area contributed by atoms with Gasteiger partial charge in [-0.1, -0.05) is 13.0 Å². The van der Waals surface area contributed by atoms with Crippen LogP contribution in [0.5, 0.6) is 11.5 Å². The van der Waals surface area contributed by atoms with E-state index in [4.69, 9.17) is 9.47 Å². The first-order valence-corrected chi connectivity index (χ1v) is 9.37. The lowest BCUT2D eigenvalue weighted by molar-refractivity contribution is -0.132. The van der Waals surface area contributed by atoms with E-state index >= 15 is 0 Å². The molecule has 1 heterocycles. The molecule has 2 atom stereocenters. The predicted molar refractivity (Wildman–Crippen MR) is 98.4 cm³/mol. The van der Waals surface area contributed by atoms with Crippen molar-refractivity contribution in [1.82, 2.24) is 10.2 Å². The average Bonchev–Trinajstić information content (AvgIpc) is 3.43. The maximum atomic E-state index is 12.7. The van der Waals surface area contributed by atoms with E-state index in [9.17, 15) is 9.59 Å². The second-order valence-electron chi connectivity index (χ2n) is 7.13. The Bertz CT molecular complexity index is 672. The minimum atomic E-state index is -0.258. The monoisotopic (exact) mass is 360 g/mol. The van der Waals surface area contributed by atoms with Crippen LogP contribution in [0.3, 0.4) is 0 Å². The molecule has 1 N–H and O–H groups in total. The number of ether oxygens (including phenoxy) is 2. The van der Waals surface area contributed by atoms with Crippen molar-refractivity contribution in [2.24, 2.45) is 11.8 Å². The quantitative estimate of drug-likeness (QED) is 0.809. The van der Waals surface area contributed by atoms with E-state index in [1.807, 2.05) is 30.0 Å². The molecule has 0 radical (unpaired) electrons. The third kappa shape index (κ3) is 3.79. The molecule has 0 aromatic heterocycles. The molecule has 0 spiro atoms. The molecule has 3 rings (SSSR count). The van der Waals surface area contributed by atoms with Gasteiger partial charge >= 0.3 is 0 Å². The normalized spacial score (nSPS) is 22.2. The van der Waals surface area contributed by atoms with Crippen LogP contribution in [-0.2, 0) is 9.59 Å². The van der Waals surface area contributed by atoms with Crippen LogP contribution in [0.4, 0.5) is 0 Å². The summed E-state index contributed by atoms with van der Waals surface area (Å²) in [6, 6.07) is 5.67. The van der Waals surface area contributed by atoms with Gasteiger partial charge < -0.3 is 19.7 Å². The highest BCUT2D eigenvalue weighted by Gasteiger charge is 2.44. The highest BCUT2D eigenvalue weighted by atomic mass is 16.5. The summed E-state index contributed by atoms with van der Waals surface area (Å²) in [5, 5.41) is 3.00. The van der Waals surface area contributed by atoms with E-state index in [1.165, 1.54) is 0 Å². The zero-order valence-electron chi connectivity index (χ0n) is 15.8. The third-order valence-electron chi connectivity index (χ3n) is 5.28. The fourth-order valence-electron chi connectivity index (χ4n) is 3.66. The molecule has 2 fully saturated rings. The summed E-state index contributed by atoms with van der Waals surface area (Å²) < 4.78 is 10.8. The minimum Gasteiger partial charge on any atom is -0.497 e. The van der Waals surface area contributed by atoms with Crippen LogP contribution in [0.25, 0.3) is 0 Å². The fraction of sp³-hybridized carbons (Fsp3) is 0.600. The molecule has 1 aromatic rings. The van der Waals surface area contributed by atoms with Crippen LogP contribution in [0, 0.1) is 11.8 Å². The highest BCUT2D eigenvalue weighted by Crippen LogP contribution is 2.41. The van der Waals surface area contributed by atoms with Crippen LogP contribution < -0.4 is 14.8 Å². The molecule has 26 heavy (non-hydrogen) atoms. The van der Waals surface area contributed by atoms with Crippen molar-refractivity contribution in [1.29, 1.82) is 0 Å². The van der Waals surface area contributed by atoms with Gasteiger partial charge in [0.25, 0.3) is 0 Å². The Morgan fingerprint density at radius 1 is 1.19 bits per heavy atom. The molecule has 6 nitrogen and oxygen atoms in total. The summed E-state index contributed by atoms with van der Waals surface area (Å²) in [7, 11) is 3.23. The van der Waals surface area contributed by atoms with Gasteiger partial charge in [-0.2, -0.15) is 0 Å². The van der Waals surface area contributed by atoms with Crippen molar-refractivity contribution in [2.45, 2.75) is 32.1 Å². The SMILES string of the molecule is CCCNC(=O)C1CN(C(=O)C2CC2)CC1c1ccc(OC)cc1OC. The lowest BCUT2D eigenvalue weighted by Gasteiger charge is -2.20. The second kappa shape index (κ2) is 7.98. The van der Waals surface area contributed by atoms with E-state index in [1.54, 1.807) is 14.2 Å². The van der Waals surface area contributed by atoms with E-state index in [0.717, 1.165) is 24.8 Å². The van der Waals surface area contributed by atoms with Gasteiger partial charge in [0.2, 0.25) is 11.8 Å². The molecule has 0 bridgehead atoms. The summed E-state index contributed by atoms with van der Waals surface area (Å²) >= 11 is 0. The average molecular weight is 360 g/mol. The molecular formula is C20H28N2O4. The Labute approximate surface area is 154 Å². The summed E-state index contributed by atoms with van der Waals surface area (Å²) in [5.74, 6) is 1.44. The zero-order valence-corrected chi connectivity index (χ0v) is 15.8. The molecule has 2 unspecified atom stereocenters. The number of hydrogen-bond acceptors (Lipinski definition) is 4. The summed E-state index contributed by atoms with van der Waals surface area (Å²) in [4.78, 5) is 27.2. The summed E-state index contributed by atoms with van der Waals surface area (Å²) in [6.45, 7) is 3.72. The Morgan fingerprint density at radius 2 is 1.96 bits per heavy atom. The first-order valence-electron chi connectivity index (χ1n) is 9.37. The molecule has 142 valence electrons. The Balaban J connectivity index is 1.87. The van der Waals surface area contributed by atoms with Gasteiger partial charge in [0.1, 0.15) is 11.5 Å². The Kier molecular flexibility index (Phi) is 5.69. The summed E-state index contributed by atoms with van der Waals surface area (Å²) in [6.07, 6.45) is 2.83. The van der Waals surface area contributed by atoms with Gasteiger partial charge in [-0.15, -0.1) is 0 Å². The number of methoxy groups -OCH3 is 2. The molecule has 2 aliphatic rings. The molecular weight excluding hydrogens is 332 g/mol. The van der Waals surface area contributed by atoms with Gasteiger partial charge in [0, 0.05) is 43.1 Å². The van der Waals surface area contributed by atoms with Crippen molar-refractivity contribution >= 4 is 11.8 Å². The van der Waals surface area contributed by atoms with Crippen molar-refractivity contribution in [3.05, 3.63) is 23.8 Å². The number of nitrogens with zero attached hydrogens (tertiary/aromatic N) is 1. The number of amides is 2. The topological polar surface area (TPSA) is 67.9 Å². The fourth-order valence-corrected chi connectivity index (χ4v) is 3.66. The zero-order chi connectivity index (χ0) is 18.7. The predicted octanol–water partition coefficient (Wildman–Crippen LogP) is 2.18. The number of likely N-dealkylation sites (tertiary alicyclic amines) is 1. The molecule has 1 saturated heterocycles. The molecule has 1 saturated carbocycles. The van der Waals surface area contributed by atoms with E-state index < -0.39 is 0 Å². The Hall–Kier alpha value is -2.24. The number of hydrogen-bond donors (Lipinski definition) is 1.